The molecule has 1 rings (SSSR count). The van der Waals surface area contributed by atoms with Gasteiger partial charge < -0.3 is 11.1 Å². The van der Waals surface area contributed by atoms with E-state index < -0.39 is 11.9 Å². The summed E-state index contributed by atoms with van der Waals surface area (Å²) >= 11 is 0. The molecule has 1 aromatic rings. The van der Waals surface area contributed by atoms with E-state index in [2.05, 4.69) is 11.4 Å². The third-order valence-electron chi connectivity index (χ3n) is 2.18. The highest BCUT2D eigenvalue weighted by atomic mass is 16.1. The fraction of sp³-hybridized carbons (Fsp3) is 0.273. The average molecular weight is 203 g/mol. The molecule has 1 unspecified atom stereocenters. The van der Waals surface area contributed by atoms with Gasteiger partial charge >= 0.3 is 0 Å². The van der Waals surface area contributed by atoms with E-state index in [-0.39, 0.29) is 0 Å². The summed E-state index contributed by atoms with van der Waals surface area (Å²) < 4.78 is 0. The molecule has 0 heterocycles. The molecule has 0 spiro atoms. The summed E-state index contributed by atoms with van der Waals surface area (Å²) in [4.78, 5) is 10.9. The Bertz CT molecular complexity index is 420. The van der Waals surface area contributed by atoms with Gasteiger partial charge in [0.1, 0.15) is 12.1 Å². The highest BCUT2D eigenvalue weighted by Gasteiger charge is 2.12. The van der Waals surface area contributed by atoms with Crippen molar-refractivity contribution in [2.45, 2.75) is 19.9 Å². The van der Waals surface area contributed by atoms with E-state index in [0.717, 1.165) is 5.56 Å². The minimum absolute atomic E-state index is 0.442. The highest BCUT2D eigenvalue weighted by Crippen LogP contribution is 2.20. The van der Waals surface area contributed by atoms with E-state index in [1.54, 1.807) is 19.1 Å². The number of carbonyl (C=O) groups is 1. The molecule has 0 saturated carbocycles. The number of primary amides is 1. The first-order chi connectivity index (χ1) is 7.06. The van der Waals surface area contributed by atoms with Crippen LogP contribution in [0, 0.1) is 18.3 Å². The predicted molar refractivity (Wildman–Crippen MR) is 58.2 cm³/mol. The van der Waals surface area contributed by atoms with Gasteiger partial charge in [0, 0.05) is 0 Å². The Morgan fingerprint density at radius 2 is 2.27 bits per heavy atom. The second-order valence-electron chi connectivity index (χ2n) is 3.38. The zero-order valence-corrected chi connectivity index (χ0v) is 8.74. The number of hydrogen-bond acceptors (Lipinski definition) is 3. The van der Waals surface area contributed by atoms with Crippen molar-refractivity contribution < 1.29 is 4.79 Å². The van der Waals surface area contributed by atoms with Crippen molar-refractivity contribution >= 4 is 11.6 Å². The molecule has 78 valence electrons. The molecule has 0 radical (unpaired) electrons. The number of nitrogens with zero attached hydrogens (tertiary/aromatic N) is 1. The standard InChI is InChI=1S/C11H13N3O/c1-7-4-3-5-9(6-12)10(7)14-8(2)11(13)15/h3-5,8,14H,1-2H3,(H2,13,15). The van der Waals surface area contributed by atoms with Crippen LogP contribution < -0.4 is 11.1 Å². The number of hydrogen-bond donors (Lipinski definition) is 2. The second kappa shape index (κ2) is 4.47. The van der Waals surface area contributed by atoms with Crippen LogP contribution in [0.5, 0.6) is 0 Å². The number of para-hydroxylation sites is 1. The zero-order chi connectivity index (χ0) is 11.4. The van der Waals surface area contributed by atoms with Crippen LogP contribution in [-0.4, -0.2) is 11.9 Å². The molecule has 0 saturated heterocycles. The Balaban J connectivity index is 3.04. The summed E-state index contributed by atoms with van der Waals surface area (Å²) in [5.74, 6) is -0.442. The van der Waals surface area contributed by atoms with Crippen LogP contribution in [0.4, 0.5) is 5.69 Å². The van der Waals surface area contributed by atoms with E-state index >= 15 is 0 Å². The molecule has 15 heavy (non-hydrogen) atoms. The van der Waals surface area contributed by atoms with Crippen LogP contribution in [-0.2, 0) is 4.79 Å². The molecule has 4 heteroatoms. The fourth-order valence-corrected chi connectivity index (χ4v) is 1.24. The number of nitrogens with two attached hydrogens (primary N) is 1. The lowest BCUT2D eigenvalue weighted by molar-refractivity contribution is -0.118. The van der Waals surface area contributed by atoms with Crippen molar-refractivity contribution in [3.8, 4) is 6.07 Å². The number of anilines is 1. The molecule has 0 aromatic heterocycles. The Kier molecular flexibility index (Phi) is 3.29. The fourth-order valence-electron chi connectivity index (χ4n) is 1.24. The molecule has 0 fully saturated rings. The lowest BCUT2D eigenvalue weighted by atomic mass is 10.1. The van der Waals surface area contributed by atoms with Gasteiger partial charge in [-0.25, -0.2) is 0 Å². The minimum Gasteiger partial charge on any atom is -0.373 e. The Hall–Kier alpha value is -2.02. The Morgan fingerprint density at radius 1 is 1.60 bits per heavy atom. The van der Waals surface area contributed by atoms with Gasteiger partial charge in [-0.1, -0.05) is 12.1 Å². The second-order valence-corrected chi connectivity index (χ2v) is 3.38. The monoisotopic (exact) mass is 203 g/mol. The van der Waals surface area contributed by atoms with E-state index in [0.29, 0.717) is 11.3 Å². The van der Waals surface area contributed by atoms with Crippen molar-refractivity contribution in [3.05, 3.63) is 29.3 Å². The first kappa shape index (κ1) is 11.1. The number of nitrogens with one attached hydrogen (secondary N) is 1. The zero-order valence-electron chi connectivity index (χ0n) is 8.74. The molecule has 0 bridgehead atoms. The lowest BCUT2D eigenvalue weighted by Crippen LogP contribution is -2.32. The summed E-state index contributed by atoms with van der Waals surface area (Å²) in [5.41, 5.74) is 7.25. The van der Waals surface area contributed by atoms with Crippen LogP contribution in [0.15, 0.2) is 18.2 Å². The van der Waals surface area contributed by atoms with Gasteiger partial charge in [0.05, 0.1) is 11.3 Å². The minimum atomic E-state index is -0.488. The van der Waals surface area contributed by atoms with Crippen molar-refractivity contribution in [2.75, 3.05) is 5.32 Å². The molecular weight excluding hydrogens is 190 g/mol. The van der Waals surface area contributed by atoms with Crippen LogP contribution in [0.3, 0.4) is 0 Å². The van der Waals surface area contributed by atoms with Crippen molar-refractivity contribution in [1.29, 1.82) is 5.26 Å². The number of nitriles is 1. The normalized spacial score (nSPS) is 11.5. The molecule has 1 amide bonds. The molecule has 1 aromatic carbocycles. The lowest BCUT2D eigenvalue weighted by Gasteiger charge is -2.15. The topological polar surface area (TPSA) is 78.9 Å². The highest BCUT2D eigenvalue weighted by molar-refractivity contribution is 5.83. The maximum Gasteiger partial charge on any atom is 0.239 e. The van der Waals surface area contributed by atoms with Gasteiger partial charge in [-0.05, 0) is 25.5 Å². The van der Waals surface area contributed by atoms with Crippen LogP contribution in [0.2, 0.25) is 0 Å². The van der Waals surface area contributed by atoms with E-state index in [9.17, 15) is 4.79 Å². The third-order valence-corrected chi connectivity index (χ3v) is 2.18. The van der Waals surface area contributed by atoms with Crippen LogP contribution in [0.25, 0.3) is 0 Å². The first-order valence-electron chi connectivity index (χ1n) is 4.62. The summed E-state index contributed by atoms with van der Waals surface area (Å²) in [5, 5.41) is 11.8. The van der Waals surface area contributed by atoms with Crippen molar-refractivity contribution in [3.63, 3.8) is 0 Å². The van der Waals surface area contributed by atoms with Crippen molar-refractivity contribution in [2.24, 2.45) is 5.73 Å². The van der Waals surface area contributed by atoms with Crippen LogP contribution in [0.1, 0.15) is 18.1 Å². The molecule has 1 atom stereocenters. The molecule has 0 aliphatic carbocycles. The average Bonchev–Trinajstić information content (AvgIpc) is 2.20. The molecule has 3 N–H and O–H groups in total. The van der Waals surface area contributed by atoms with E-state index in [1.165, 1.54) is 0 Å². The summed E-state index contributed by atoms with van der Waals surface area (Å²) in [6.45, 7) is 3.53. The van der Waals surface area contributed by atoms with Gasteiger partial charge in [0.2, 0.25) is 5.91 Å². The molecule has 0 aliphatic rings. The molecule has 0 aliphatic heterocycles. The Morgan fingerprint density at radius 3 is 2.80 bits per heavy atom. The maximum absolute atomic E-state index is 10.9. The number of aryl methyl sites for hydroxylation is 1. The maximum atomic E-state index is 10.9. The quantitative estimate of drug-likeness (QED) is 0.773. The van der Waals surface area contributed by atoms with E-state index in [4.69, 9.17) is 11.0 Å². The summed E-state index contributed by atoms with van der Waals surface area (Å²) in [6, 6.07) is 6.95. The molecular formula is C11H13N3O. The van der Waals surface area contributed by atoms with Gasteiger partial charge in [-0.2, -0.15) is 5.26 Å². The number of rotatable bonds is 3. The van der Waals surface area contributed by atoms with Gasteiger partial charge in [0.15, 0.2) is 0 Å². The third kappa shape index (κ3) is 2.47. The van der Waals surface area contributed by atoms with Gasteiger partial charge in [-0.15, -0.1) is 0 Å². The summed E-state index contributed by atoms with van der Waals surface area (Å²) in [7, 11) is 0. The number of amides is 1. The summed E-state index contributed by atoms with van der Waals surface area (Å²) in [6.07, 6.45) is 0. The molecule has 4 nitrogen and oxygen atoms in total. The van der Waals surface area contributed by atoms with Gasteiger partial charge in [-0.3, -0.25) is 4.79 Å². The largest absolute Gasteiger partial charge is 0.373 e. The first-order valence-corrected chi connectivity index (χ1v) is 4.62. The van der Waals surface area contributed by atoms with Crippen LogP contribution >= 0.6 is 0 Å². The smallest absolute Gasteiger partial charge is 0.239 e. The Labute approximate surface area is 88.7 Å². The number of benzene rings is 1. The SMILES string of the molecule is Cc1cccc(C#N)c1NC(C)C(N)=O. The predicted octanol–water partition coefficient (Wildman–Crippen LogP) is 1.15. The van der Waals surface area contributed by atoms with E-state index in [1.807, 2.05) is 13.0 Å². The van der Waals surface area contributed by atoms with Gasteiger partial charge in [0.25, 0.3) is 0 Å². The van der Waals surface area contributed by atoms with Crippen molar-refractivity contribution in [1.82, 2.24) is 0 Å². The number of carbonyl (C=O) groups excluding carboxylic acids is 1.